The number of rotatable bonds is 2. The van der Waals surface area contributed by atoms with E-state index in [1.54, 1.807) is 0 Å². The van der Waals surface area contributed by atoms with Crippen molar-refractivity contribution in [3.8, 4) is 0 Å². The molecule has 0 saturated carbocycles. The summed E-state index contributed by atoms with van der Waals surface area (Å²) in [6.45, 7) is 7.22. The SMILES string of the molecule is Cc1ccc2ccc(CN)c(C(C)C)c2c1. The van der Waals surface area contributed by atoms with Crippen molar-refractivity contribution in [1.29, 1.82) is 0 Å². The Morgan fingerprint density at radius 2 is 1.81 bits per heavy atom. The molecule has 1 heteroatoms. The van der Waals surface area contributed by atoms with Gasteiger partial charge in [-0.1, -0.05) is 49.7 Å². The first-order chi connectivity index (χ1) is 7.63. The van der Waals surface area contributed by atoms with Gasteiger partial charge in [0.2, 0.25) is 0 Å². The second-order valence-corrected chi connectivity index (χ2v) is 4.72. The highest BCUT2D eigenvalue weighted by Crippen LogP contribution is 2.29. The van der Waals surface area contributed by atoms with Crippen LogP contribution in [0.3, 0.4) is 0 Å². The predicted octanol–water partition coefficient (Wildman–Crippen LogP) is 3.73. The summed E-state index contributed by atoms with van der Waals surface area (Å²) in [4.78, 5) is 0. The molecule has 0 heterocycles. The number of benzene rings is 2. The molecule has 0 fully saturated rings. The molecule has 0 aliphatic rings. The Morgan fingerprint density at radius 1 is 1.12 bits per heavy atom. The molecule has 0 bridgehead atoms. The van der Waals surface area contributed by atoms with Gasteiger partial charge >= 0.3 is 0 Å². The average Bonchev–Trinajstić information content (AvgIpc) is 2.26. The summed E-state index contributed by atoms with van der Waals surface area (Å²) in [6.07, 6.45) is 0. The van der Waals surface area contributed by atoms with E-state index in [-0.39, 0.29) is 0 Å². The number of nitrogens with two attached hydrogens (primary N) is 1. The maximum atomic E-state index is 5.82. The fraction of sp³-hybridized carbons (Fsp3) is 0.333. The monoisotopic (exact) mass is 213 g/mol. The molecule has 0 amide bonds. The van der Waals surface area contributed by atoms with Crippen molar-refractivity contribution in [3.63, 3.8) is 0 Å². The Kier molecular flexibility index (Phi) is 2.97. The molecule has 0 unspecified atom stereocenters. The van der Waals surface area contributed by atoms with Crippen molar-refractivity contribution in [3.05, 3.63) is 47.0 Å². The molecule has 0 aliphatic heterocycles. The molecular weight excluding hydrogens is 194 g/mol. The summed E-state index contributed by atoms with van der Waals surface area (Å²) in [5.74, 6) is 0.518. The van der Waals surface area contributed by atoms with Gasteiger partial charge in [-0.2, -0.15) is 0 Å². The Bertz CT molecular complexity index is 512. The van der Waals surface area contributed by atoms with Gasteiger partial charge in [-0.3, -0.25) is 0 Å². The lowest BCUT2D eigenvalue weighted by atomic mass is 9.90. The van der Waals surface area contributed by atoms with Gasteiger partial charge in [-0.15, -0.1) is 0 Å². The second kappa shape index (κ2) is 4.26. The molecule has 2 N–H and O–H groups in total. The Morgan fingerprint density at radius 3 is 2.44 bits per heavy atom. The number of hydrogen-bond acceptors (Lipinski definition) is 1. The van der Waals surface area contributed by atoms with Crippen LogP contribution < -0.4 is 5.73 Å². The third kappa shape index (κ3) is 1.83. The molecule has 0 aromatic heterocycles. The molecule has 2 rings (SSSR count). The van der Waals surface area contributed by atoms with Crippen molar-refractivity contribution in [2.24, 2.45) is 5.73 Å². The maximum Gasteiger partial charge on any atom is 0.0181 e. The quantitative estimate of drug-likeness (QED) is 0.808. The Labute approximate surface area is 97.3 Å². The molecule has 0 radical (unpaired) electrons. The lowest BCUT2D eigenvalue weighted by molar-refractivity contribution is 0.849. The van der Waals surface area contributed by atoms with E-state index in [0.29, 0.717) is 12.5 Å². The maximum absolute atomic E-state index is 5.82. The molecule has 0 saturated heterocycles. The summed E-state index contributed by atoms with van der Waals surface area (Å²) in [5, 5.41) is 2.67. The van der Waals surface area contributed by atoms with E-state index in [1.807, 2.05) is 0 Å². The molecule has 2 aromatic rings. The van der Waals surface area contributed by atoms with Crippen LogP contribution >= 0.6 is 0 Å². The van der Waals surface area contributed by atoms with Gasteiger partial charge in [0.25, 0.3) is 0 Å². The van der Waals surface area contributed by atoms with Crippen LogP contribution in [0.2, 0.25) is 0 Å². The topological polar surface area (TPSA) is 26.0 Å². The van der Waals surface area contributed by atoms with Crippen LogP contribution in [0.1, 0.15) is 36.5 Å². The first-order valence-corrected chi connectivity index (χ1v) is 5.85. The van der Waals surface area contributed by atoms with Gasteiger partial charge in [0, 0.05) is 6.54 Å². The van der Waals surface area contributed by atoms with Gasteiger partial charge < -0.3 is 5.73 Å². The number of fused-ring (bicyclic) bond motifs is 1. The lowest BCUT2D eigenvalue weighted by Crippen LogP contribution is -2.03. The minimum atomic E-state index is 0.518. The first-order valence-electron chi connectivity index (χ1n) is 5.85. The summed E-state index contributed by atoms with van der Waals surface area (Å²) in [5.41, 5.74) is 9.80. The molecular formula is C15H19N. The fourth-order valence-electron chi connectivity index (χ4n) is 2.36. The number of aryl methyl sites for hydroxylation is 1. The summed E-state index contributed by atoms with van der Waals surface area (Å²) in [7, 11) is 0. The summed E-state index contributed by atoms with van der Waals surface area (Å²) < 4.78 is 0. The zero-order valence-corrected chi connectivity index (χ0v) is 10.2. The van der Waals surface area contributed by atoms with E-state index < -0.39 is 0 Å². The van der Waals surface area contributed by atoms with Crippen molar-refractivity contribution < 1.29 is 0 Å². The zero-order chi connectivity index (χ0) is 11.7. The van der Waals surface area contributed by atoms with Crippen LogP contribution in [0, 0.1) is 6.92 Å². The molecule has 1 nitrogen and oxygen atoms in total. The number of hydrogen-bond donors (Lipinski definition) is 1. The first kappa shape index (κ1) is 11.2. The molecule has 16 heavy (non-hydrogen) atoms. The molecule has 0 atom stereocenters. The van der Waals surface area contributed by atoms with E-state index in [1.165, 1.54) is 27.5 Å². The van der Waals surface area contributed by atoms with Crippen molar-refractivity contribution >= 4 is 10.8 Å². The largest absolute Gasteiger partial charge is 0.326 e. The van der Waals surface area contributed by atoms with Crippen LogP contribution in [-0.2, 0) is 6.54 Å². The molecule has 84 valence electrons. The average molecular weight is 213 g/mol. The van der Waals surface area contributed by atoms with E-state index >= 15 is 0 Å². The minimum absolute atomic E-state index is 0.518. The van der Waals surface area contributed by atoms with Gasteiger partial charge in [0.1, 0.15) is 0 Å². The van der Waals surface area contributed by atoms with E-state index in [4.69, 9.17) is 5.73 Å². The molecule has 2 aromatic carbocycles. The molecule has 0 aliphatic carbocycles. The highest BCUT2D eigenvalue weighted by atomic mass is 14.5. The van der Waals surface area contributed by atoms with E-state index in [0.717, 1.165) is 0 Å². The third-order valence-electron chi connectivity index (χ3n) is 3.11. The summed E-state index contributed by atoms with van der Waals surface area (Å²) >= 11 is 0. The van der Waals surface area contributed by atoms with Crippen LogP contribution in [0.15, 0.2) is 30.3 Å². The van der Waals surface area contributed by atoms with Gasteiger partial charge in [0.05, 0.1) is 0 Å². The highest BCUT2D eigenvalue weighted by Gasteiger charge is 2.10. The Balaban J connectivity index is 2.81. The standard InChI is InChI=1S/C15H19N/c1-10(2)15-13(9-16)7-6-12-5-4-11(3)8-14(12)15/h4-8,10H,9,16H2,1-3H3. The minimum Gasteiger partial charge on any atom is -0.326 e. The highest BCUT2D eigenvalue weighted by molar-refractivity contribution is 5.88. The molecule has 0 spiro atoms. The van der Waals surface area contributed by atoms with Gasteiger partial charge in [0.15, 0.2) is 0 Å². The Hall–Kier alpha value is -1.34. The van der Waals surface area contributed by atoms with E-state index in [2.05, 4.69) is 51.1 Å². The zero-order valence-electron chi connectivity index (χ0n) is 10.2. The normalized spacial score (nSPS) is 11.3. The smallest absolute Gasteiger partial charge is 0.0181 e. The van der Waals surface area contributed by atoms with Crippen molar-refractivity contribution in [1.82, 2.24) is 0 Å². The van der Waals surface area contributed by atoms with Crippen LogP contribution in [0.25, 0.3) is 10.8 Å². The van der Waals surface area contributed by atoms with Crippen molar-refractivity contribution in [2.75, 3.05) is 0 Å². The fourth-order valence-corrected chi connectivity index (χ4v) is 2.36. The lowest BCUT2D eigenvalue weighted by Gasteiger charge is -2.15. The van der Waals surface area contributed by atoms with Gasteiger partial charge in [-0.25, -0.2) is 0 Å². The van der Waals surface area contributed by atoms with Crippen LogP contribution in [0.5, 0.6) is 0 Å². The van der Waals surface area contributed by atoms with Gasteiger partial charge in [-0.05, 0) is 34.7 Å². The van der Waals surface area contributed by atoms with E-state index in [9.17, 15) is 0 Å². The van der Waals surface area contributed by atoms with Crippen LogP contribution in [-0.4, -0.2) is 0 Å². The van der Waals surface area contributed by atoms with Crippen molar-refractivity contribution in [2.45, 2.75) is 33.2 Å². The predicted molar refractivity (Wildman–Crippen MR) is 70.7 cm³/mol. The second-order valence-electron chi connectivity index (χ2n) is 4.72. The van der Waals surface area contributed by atoms with Crippen LogP contribution in [0.4, 0.5) is 0 Å². The summed E-state index contributed by atoms with van der Waals surface area (Å²) in [6, 6.07) is 10.9. The third-order valence-corrected chi connectivity index (χ3v) is 3.11.